The van der Waals surface area contributed by atoms with Crippen LogP contribution < -0.4 is 0 Å². The van der Waals surface area contributed by atoms with Gasteiger partial charge in [-0.25, -0.2) is 0 Å². The number of rotatable bonds is 2. The second-order valence-corrected chi connectivity index (χ2v) is 5.19. The molecule has 0 radical (unpaired) electrons. The van der Waals surface area contributed by atoms with E-state index in [0.717, 1.165) is 25.8 Å². The topological polar surface area (TPSA) is 61.9 Å². The Balaban J connectivity index is 1.63. The number of nitriles is 1. The van der Waals surface area contributed by atoms with Crippen LogP contribution in [0.15, 0.2) is 24.5 Å². The second-order valence-electron chi connectivity index (χ2n) is 5.19. The maximum absolute atomic E-state index is 12.3. The molecule has 0 N–H and O–H groups in total. The predicted molar refractivity (Wildman–Crippen MR) is 69.0 cm³/mol. The summed E-state index contributed by atoms with van der Waals surface area (Å²) in [5.74, 6) is 0.409. The van der Waals surface area contributed by atoms with Gasteiger partial charge in [-0.2, -0.15) is 10.4 Å². The van der Waals surface area contributed by atoms with E-state index >= 15 is 0 Å². The molecule has 0 saturated carbocycles. The summed E-state index contributed by atoms with van der Waals surface area (Å²) < 4.78 is 1.82. The average Bonchev–Trinajstić information content (AvgIpc) is 3.17. The Morgan fingerprint density at radius 3 is 2.89 bits per heavy atom. The van der Waals surface area contributed by atoms with Gasteiger partial charge in [0.2, 0.25) is 5.91 Å². The molecule has 1 aromatic heterocycles. The van der Waals surface area contributed by atoms with Crippen LogP contribution in [0.4, 0.5) is 0 Å². The smallest absolute Gasteiger partial charge is 0.226 e. The van der Waals surface area contributed by atoms with Gasteiger partial charge in [-0.3, -0.25) is 9.48 Å². The fraction of sp³-hybridized carbons (Fsp3) is 0.500. The van der Waals surface area contributed by atoms with Crippen molar-refractivity contribution in [3.05, 3.63) is 30.1 Å². The summed E-state index contributed by atoms with van der Waals surface area (Å²) in [7, 11) is 0. The molecule has 1 atom stereocenters. The number of aromatic nitrogens is 2. The van der Waals surface area contributed by atoms with Crippen molar-refractivity contribution in [2.45, 2.75) is 25.3 Å². The van der Waals surface area contributed by atoms with Crippen LogP contribution in [-0.4, -0.2) is 33.7 Å². The average molecular weight is 256 g/mol. The molecule has 1 unspecified atom stereocenters. The lowest BCUT2D eigenvalue weighted by molar-refractivity contribution is -0.134. The lowest BCUT2D eigenvalue weighted by atomic mass is 10.1. The Bertz CT molecular complexity index is 546. The third kappa shape index (κ3) is 2.26. The van der Waals surface area contributed by atoms with Crippen molar-refractivity contribution >= 4 is 5.91 Å². The van der Waals surface area contributed by atoms with Crippen molar-refractivity contribution in [2.75, 3.05) is 13.1 Å². The van der Waals surface area contributed by atoms with Crippen LogP contribution in [0.25, 0.3) is 0 Å². The van der Waals surface area contributed by atoms with E-state index in [1.54, 1.807) is 12.4 Å². The van der Waals surface area contributed by atoms with E-state index in [0.29, 0.717) is 12.1 Å². The standard InChI is InChI=1S/C14H16N4O/c15-7-11-8-16-18(9-11)13-5-6-17(10-13)14(19)12-3-1-2-4-12/h1-2,8-9,12-13H,3-6,10H2. The molecule has 2 aliphatic rings. The summed E-state index contributed by atoms with van der Waals surface area (Å²) in [5.41, 5.74) is 0.574. The first kappa shape index (κ1) is 12.0. The Morgan fingerprint density at radius 1 is 1.42 bits per heavy atom. The highest BCUT2D eigenvalue weighted by Gasteiger charge is 2.31. The molecular formula is C14H16N4O. The van der Waals surface area contributed by atoms with Gasteiger partial charge < -0.3 is 4.90 Å². The van der Waals surface area contributed by atoms with Gasteiger partial charge in [-0.1, -0.05) is 12.2 Å². The molecule has 98 valence electrons. The van der Waals surface area contributed by atoms with Gasteiger partial charge in [0.15, 0.2) is 0 Å². The monoisotopic (exact) mass is 256 g/mol. The minimum absolute atomic E-state index is 0.144. The summed E-state index contributed by atoms with van der Waals surface area (Å²) in [6, 6.07) is 2.29. The number of likely N-dealkylation sites (tertiary alicyclic amines) is 1. The van der Waals surface area contributed by atoms with Gasteiger partial charge in [0, 0.05) is 25.2 Å². The van der Waals surface area contributed by atoms with Gasteiger partial charge >= 0.3 is 0 Å². The number of allylic oxidation sites excluding steroid dienone is 2. The highest BCUT2D eigenvalue weighted by molar-refractivity contribution is 5.80. The quantitative estimate of drug-likeness (QED) is 0.753. The Kier molecular flexibility index (Phi) is 3.08. The Hall–Kier alpha value is -2.09. The summed E-state index contributed by atoms with van der Waals surface area (Å²) >= 11 is 0. The fourth-order valence-electron chi connectivity index (χ4n) is 2.83. The van der Waals surface area contributed by atoms with Crippen LogP contribution in [0, 0.1) is 17.2 Å². The normalized spacial score (nSPS) is 22.9. The molecule has 5 nitrogen and oxygen atoms in total. The molecule has 1 aliphatic carbocycles. The number of carbonyl (C=O) groups excluding carboxylic acids is 1. The highest BCUT2D eigenvalue weighted by atomic mass is 16.2. The van der Waals surface area contributed by atoms with Gasteiger partial charge in [-0.05, 0) is 19.3 Å². The molecule has 1 amide bonds. The molecule has 1 saturated heterocycles. The van der Waals surface area contributed by atoms with Crippen LogP contribution in [0.1, 0.15) is 30.9 Å². The van der Waals surface area contributed by atoms with E-state index in [2.05, 4.69) is 23.3 Å². The minimum atomic E-state index is 0.144. The number of hydrogen-bond donors (Lipinski definition) is 0. The zero-order valence-corrected chi connectivity index (χ0v) is 10.7. The van der Waals surface area contributed by atoms with E-state index in [1.807, 2.05) is 9.58 Å². The van der Waals surface area contributed by atoms with Crippen LogP contribution in [-0.2, 0) is 4.79 Å². The lowest BCUT2D eigenvalue weighted by Gasteiger charge is -2.20. The van der Waals surface area contributed by atoms with Crippen LogP contribution in [0.2, 0.25) is 0 Å². The molecule has 0 aromatic carbocycles. The van der Waals surface area contributed by atoms with E-state index < -0.39 is 0 Å². The van der Waals surface area contributed by atoms with E-state index in [1.165, 1.54) is 0 Å². The summed E-state index contributed by atoms with van der Waals surface area (Å²) in [6.07, 6.45) is 10.2. The van der Waals surface area contributed by atoms with Crippen LogP contribution >= 0.6 is 0 Å². The largest absolute Gasteiger partial charge is 0.340 e. The fourth-order valence-corrected chi connectivity index (χ4v) is 2.83. The Morgan fingerprint density at radius 2 is 2.21 bits per heavy atom. The molecule has 3 rings (SSSR count). The minimum Gasteiger partial charge on any atom is -0.340 e. The zero-order chi connectivity index (χ0) is 13.2. The van der Waals surface area contributed by atoms with Crippen molar-refractivity contribution in [2.24, 2.45) is 5.92 Å². The summed E-state index contributed by atoms with van der Waals surface area (Å²) in [4.78, 5) is 14.2. The molecule has 1 aliphatic heterocycles. The Labute approximate surface area is 112 Å². The predicted octanol–water partition coefficient (Wildman–Crippen LogP) is 1.49. The maximum atomic E-state index is 12.3. The first-order valence-corrected chi connectivity index (χ1v) is 6.66. The zero-order valence-electron chi connectivity index (χ0n) is 10.7. The molecule has 19 heavy (non-hydrogen) atoms. The second kappa shape index (κ2) is 4.88. The van der Waals surface area contributed by atoms with Crippen molar-refractivity contribution in [1.82, 2.24) is 14.7 Å². The van der Waals surface area contributed by atoms with Crippen LogP contribution in [0.3, 0.4) is 0 Å². The molecule has 5 heteroatoms. The van der Waals surface area contributed by atoms with E-state index in [9.17, 15) is 4.79 Å². The van der Waals surface area contributed by atoms with Crippen molar-refractivity contribution in [3.8, 4) is 6.07 Å². The molecule has 0 spiro atoms. The van der Waals surface area contributed by atoms with Crippen molar-refractivity contribution in [1.29, 1.82) is 5.26 Å². The number of hydrogen-bond acceptors (Lipinski definition) is 3. The first-order chi connectivity index (χ1) is 9.28. The molecule has 2 heterocycles. The van der Waals surface area contributed by atoms with E-state index in [4.69, 9.17) is 5.26 Å². The molecular weight excluding hydrogens is 240 g/mol. The van der Waals surface area contributed by atoms with Crippen molar-refractivity contribution in [3.63, 3.8) is 0 Å². The molecule has 1 aromatic rings. The summed E-state index contributed by atoms with van der Waals surface area (Å²) in [6.45, 7) is 1.50. The number of carbonyl (C=O) groups is 1. The summed E-state index contributed by atoms with van der Waals surface area (Å²) in [5, 5.41) is 13.0. The maximum Gasteiger partial charge on any atom is 0.226 e. The molecule has 1 fully saturated rings. The van der Waals surface area contributed by atoms with Gasteiger partial charge in [0.25, 0.3) is 0 Å². The number of amides is 1. The van der Waals surface area contributed by atoms with E-state index in [-0.39, 0.29) is 17.9 Å². The van der Waals surface area contributed by atoms with Crippen molar-refractivity contribution < 1.29 is 4.79 Å². The van der Waals surface area contributed by atoms with Crippen LogP contribution in [0.5, 0.6) is 0 Å². The number of nitrogens with zero attached hydrogens (tertiary/aromatic N) is 4. The first-order valence-electron chi connectivity index (χ1n) is 6.66. The lowest BCUT2D eigenvalue weighted by Crippen LogP contribution is -2.33. The third-order valence-corrected chi connectivity index (χ3v) is 3.94. The van der Waals surface area contributed by atoms with Gasteiger partial charge in [-0.15, -0.1) is 0 Å². The molecule has 0 bridgehead atoms. The third-order valence-electron chi connectivity index (χ3n) is 3.94. The van der Waals surface area contributed by atoms with Gasteiger partial charge in [0.1, 0.15) is 6.07 Å². The highest BCUT2D eigenvalue weighted by Crippen LogP contribution is 2.26. The SMILES string of the molecule is N#Cc1cnn(C2CCN(C(=O)C3CC=CC3)C2)c1. The van der Waals surface area contributed by atoms with Gasteiger partial charge in [0.05, 0.1) is 17.8 Å².